The fourth-order valence-electron chi connectivity index (χ4n) is 4.94. The molecular formula is C25H30F3N9O. The summed E-state index contributed by atoms with van der Waals surface area (Å²) in [4.78, 5) is 28.6. The van der Waals surface area contributed by atoms with Crippen LogP contribution in [0.25, 0.3) is 16.8 Å². The molecule has 202 valence electrons. The van der Waals surface area contributed by atoms with Gasteiger partial charge in [-0.1, -0.05) is 0 Å². The Kier molecular flexibility index (Phi) is 7.09. The number of hydrogen-bond donors (Lipinski definition) is 2. The summed E-state index contributed by atoms with van der Waals surface area (Å²) in [5.41, 5.74) is 2.40. The van der Waals surface area contributed by atoms with Crippen molar-refractivity contribution in [3.8, 4) is 11.3 Å². The molecule has 13 heteroatoms. The van der Waals surface area contributed by atoms with E-state index in [-0.39, 0.29) is 30.5 Å². The topological polar surface area (TPSA) is 103 Å². The van der Waals surface area contributed by atoms with Crippen molar-refractivity contribution in [1.82, 2.24) is 24.5 Å². The maximum atomic E-state index is 15.4. The molecule has 0 spiro atoms. The van der Waals surface area contributed by atoms with E-state index in [2.05, 4.69) is 25.7 Å². The summed E-state index contributed by atoms with van der Waals surface area (Å²) in [5.74, 6) is 0.207. The molecule has 5 heterocycles. The molecule has 0 aliphatic carbocycles. The Balaban J connectivity index is 1.51. The maximum absolute atomic E-state index is 15.4. The van der Waals surface area contributed by atoms with Crippen LogP contribution in [0.1, 0.15) is 26.7 Å². The van der Waals surface area contributed by atoms with E-state index in [1.54, 1.807) is 19.2 Å². The summed E-state index contributed by atoms with van der Waals surface area (Å²) in [5, 5.41) is 10.4. The minimum absolute atomic E-state index is 0.0105. The molecule has 2 N–H and O–H groups in total. The standard InChI is InChI=1S/C25H30F3N9O/c1-14-6-9-35(11-8-26)24-20(30-14)5-4-19(31-24)21-17(28)13-37-22(21)23(29-3)33-25(34-37)32-18-7-10-36(15(2)38)12-16(18)27/h4-5,13,16,18H,6-12H2,1-3H3,(H2,29,32,33,34)/t16-,18+/m1/s1. The number of carbonyl (C=O) groups excluding carboxylic acids is 1. The van der Waals surface area contributed by atoms with Crippen molar-refractivity contribution >= 4 is 40.4 Å². The van der Waals surface area contributed by atoms with E-state index in [0.29, 0.717) is 54.5 Å². The van der Waals surface area contributed by atoms with Gasteiger partial charge in [-0.25, -0.2) is 22.7 Å². The van der Waals surface area contributed by atoms with Crippen LogP contribution in [0.5, 0.6) is 0 Å². The number of aromatic nitrogens is 4. The second-order valence-corrected chi connectivity index (χ2v) is 9.51. The van der Waals surface area contributed by atoms with Crippen molar-refractivity contribution in [2.75, 3.05) is 55.4 Å². The summed E-state index contributed by atoms with van der Waals surface area (Å²) < 4.78 is 44.8. The molecule has 5 rings (SSSR count). The van der Waals surface area contributed by atoms with Gasteiger partial charge in [-0.2, -0.15) is 4.98 Å². The first-order chi connectivity index (χ1) is 18.3. The Labute approximate surface area is 218 Å². The molecule has 1 saturated heterocycles. The average molecular weight is 530 g/mol. The van der Waals surface area contributed by atoms with Crippen LogP contribution in [-0.4, -0.2) is 88.2 Å². The lowest BCUT2D eigenvalue weighted by atomic mass is 10.0. The minimum atomic E-state index is -1.30. The number of anilines is 3. The van der Waals surface area contributed by atoms with Gasteiger partial charge in [0.05, 0.1) is 30.0 Å². The molecule has 0 saturated carbocycles. The number of alkyl halides is 2. The van der Waals surface area contributed by atoms with Gasteiger partial charge >= 0.3 is 0 Å². The lowest BCUT2D eigenvalue weighted by molar-refractivity contribution is -0.131. The molecule has 1 fully saturated rings. The van der Waals surface area contributed by atoms with Gasteiger partial charge in [-0.3, -0.25) is 9.79 Å². The van der Waals surface area contributed by atoms with Gasteiger partial charge in [0.15, 0.2) is 17.5 Å². The van der Waals surface area contributed by atoms with Gasteiger partial charge in [0.1, 0.15) is 24.1 Å². The van der Waals surface area contributed by atoms with E-state index in [9.17, 15) is 13.6 Å². The van der Waals surface area contributed by atoms with Crippen molar-refractivity contribution in [2.24, 2.45) is 4.99 Å². The third-order valence-electron chi connectivity index (χ3n) is 6.94. The summed E-state index contributed by atoms with van der Waals surface area (Å²) in [6.45, 7) is 3.91. The molecular weight excluding hydrogens is 499 g/mol. The van der Waals surface area contributed by atoms with Gasteiger partial charge in [0.2, 0.25) is 11.9 Å². The van der Waals surface area contributed by atoms with Crippen molar-refractivity contribution in [1.29, 1.82) is 0 Å². The van der Waals surface area contributed by atoms with Crippen molar-refractivity contribution < 1.29 is 18.0 Å². The highest BCUT2D eigenvalue weighted by molar-refractivity contribution is 5.91. The smallest absolute Gasteiger partial charge is 0.243 e. The van der Waals surface area contributed by atoms with Crippen molar-refractivity contribution in [3.63, 3.8) is 0 Å². The van der Waals surface area contributed by atoms with Gasteiger partial charge in [-0.05, 0) is 25.5 Å². The second kappa shape index (κ2) is 10.5. The zero-order chi connectivity index (χ0) is 27.0. The lowest BCUT2D eigenvalue weighted by Gasteiger charge is -2.34. The number of fused-ring (bicyclic) bond motifs is 2. The van der Waals surface area contributed by atoms with E-state index in [1.165, 1.54) is 22.5 Å². The van der Waals surface area contributed by atoms with Crippen LogP contribution in [0.4, 0.5) is 36.4 Å². The first-order valence-corrected chi connectivity index (χ1v) is 12.6. The monoisotopic (exact) mass is 529 g/mol. The van der Waals surface area contributed by atoms with E-state index in [4.69, 9.17) is 4.98 Å². The summed E-state index contributed by atoms with van der Waals surface area (Å²) in [6, 6.07) is 2.84. The number of carbonyl (C=O) groups is 1. The molecule has 2 aliphatic heterocycles. The second-order valence-electron chi connectivity index (χ2n) is 9.51. The molecule has 3 aromatic heterocycles. The van der Waals surface area contributed by atoms with Crippen LogP contribution in [0.3, 0.4) is 0 Å². The highest BCUT2D eigenvalue weighted by Gasteiger charge is 2.31. The molecule has 10 nitrogen and oxygen atoms in total. The fraction of sp³-hybridized carbons (Fsp3) is 0.480. The van der Waals surface area contributed by atoms with Crippen LogP contribution in [0.15, 0.2) is 23.3 Å². The normalized spacial score (nSPS) is 19.7. The Morgan fingerprint density at radius 3 is 2.76 bits per heavy atom. The van der Waals surface area contributed by atoms with Crippen LogP contribution >= 0.6 is 0 Å². The number of piperidine rings is 1. The quantitative estimate of drug-likeness (QED) is 0.503. The predicted octanol–water partition coefficient (Wildman–Crippen LogP) is 3.61. The Bertz CT molecular complexity index is 1390. The number of amides is 1. The van der Waals surface area contributed by atoms with E-state index < -0.39 is 24.7 Å². The number of likely N-dealkylation sites (tertiary alicyclic amines) is 1. The lowest BCUT2D eigenvalue weighted by Crippen LogP contribution is -2.49. The zero-order valence-corrected chi connectivity index (χ0v) is 21.5. The Morgan fingerprint density at radius 1 is 1.24 bits per heavy atom. The molecule has 0 radical (unpaired) electrons. The highest BCUT2D eigenvalue weighted by Crippen LogP contribution is 2.37. The van der Waals surface area contributed by atoms with Gasteiger partial charge < -0.3 is 20.4 Å². The SMILES string of the molecule is CNc1nc(N[C@H]2CCN(C(C)=O)C[C@H]2F)nn2cc(F)c(-c3ccc4c(n3)N(CCF)CCC(C)=N4)c12. The van der Waals surface area contributed by atoms with Gasteiger partial charge in [0.25, 0.3) is 0 Å². The fourth-order valence-corrected chi connectivity index (χ4v) is 4.94. The van der Waals surface area contributed by atoms with Crippen LogP contribution in [-0.2, 0) is 4.79 Å². The number of nitrogens with one attached hydrogen (secondary N) is 2. The molecule has 0 unspecified atom stereocenters. The van der Waals surface area contributed by atoms with Crippen LogP contribution < -0.4 is 15.5 Å². The number of pyridine rings is 1. The first kappa shape index (κ1) is 25.7. The highest BCUT2D eigenvalue weighted by atomic mass is 19.1. The predicted molar refractivity (Wildman–Crippen MR) is 140 cm³/mol. The number of nitrogens with zero attached hydrogens (tertiary/aromatic N) is 7. The Hall–Kier alpha value is -3.90. The third-order valence-corrected chi connectivity index (χ3v) is 6.94. The minimum Gasteiger partial charge on any atom is -0.371 e. The maximum Gasteiger partial charge on any atom is 0.243 e. The van der Waals surface area contributed by atoms with Crippen LogP contribution in [0.2, 0.25) is 0 Å². The molecule has 2 atom stereocenters. The van der Waals surface area contributed by atoms with Crippen molar-refractivity contribution in [3.05, 3.63) is 24.1 Å². The Morgan fingerprint density at radius 2 is 2.05 bits per heavy atom. The number of hydrogen-bond acceptors (Lipinski definition) is 8. The van der Waals surface area contributed by atoms with Gasteiger partial charge in [-0.15, -0.1) is 5.10 Å². The van der Waals surface area contributed by atoms with E-state index in [1.807, 2.05) is 11.8 Å². The average Bonchev–Trinajstić information content (AvgIpc) is 3.14. The number of rotatable bonds is 6. The van der Waals surface area contributed by atoms with E-state index in [0.717, 1.165) is 5.71 Å². The first-order valence-electron chi connectivity index (χ1n) is 12.6. The number of aliphatic imine (C=N–C) groups is 1. The molecule has 0 aromatic carbocycles. The van der Waals surface area contributed by atoms with Gasteiger partial charge in [0, 0.05) is 45.7 Å². The van der Waals surface area contributed by atoms with Crippen LogP contribution in [0, 0.1) is 5.82 Å². The largest absolute Gasteiger partial charge is 0.371 e. The summed E-state index contributed by atoms with van der Waals surface area (Å²) in [6.07, 6.45) is 0.984. The molecule has 1 amide bonds. The summed E-state index contributed by atoms with van der Waals surface area (Å²) in [7, 11) is 1.65. The summed E-state index contributed by atoms with van der Waals surface area (Å²) >= 11 is 0. The van der Waals surface area contributed by atoms with Crippen molar-refractivity contribution in [2.45, 2.75) is 38.9 Å². The van der Waals surface area contributed by atoms with E-state index >= 15 is 4.39 Å². The zero-order valence-electron chi connectivity index (χ0n) is 21.5. The molecule has 2 aliphatic rings. The molecule has 3 aromatic rings. The number of halogens is 3. The molecule has 0 bridgehead atoms. The molecule has 38 heavy (non-hydrogen) atoms. The third kappa shape index (κ3) is 4.84.